The molecule has 0 aromatic carbocycles. The zero-order valence-electron chi connectivity index (χ0n) is 7.70. The standard InChI is InChI=1S/C9H6Cl2N2OS/c1-14-9-5(10)4-6(12-13-9)7-2-3-8(11)15-7/h2-4H,1H3. The SMILES string of the molecule is COc1nnc(-c2ccc(Cl)s2)cc1Cl. The Bertz CT molecular complexity index is 487. The van der Waals surface area contributed by atoms with Gasteiger partial charge in [-0.25, -0.2) is 0 Å². The third-order valence-electron chi connectivity index (χ3n) is 1.74. The van der Waals surface area contributed by atoms with Crippen molar-refractivity contribution in [2.24, 2.45) is 0 Å². The summed E-state index contributed by atoms with van der Waals surface area (Å²) < 4.78 is 5.62. The molecule has 0 aliphatic rings. The first-order chi connectivity index (χ1) is 7.20. The van der Waals surface area contributed by atoms with Gasteiger partial charge in [-0.05, 0) is 18.2 Å². The molecule has 0 spiro atoms. The minimum atomic E-state index is 0.322. The second-order valence-electron chi connectivity index (χ2n) is 2.69. The third-order valence-corrected chi connectivity index (χ3v) is 3.26. The number of methoxy groups -OCH3 is 1. The summed E-state index contributed by atoms with van der Waals surface area (Å²) in [5.41, 5.74) is 0.692. The molecule has 0 unspecified atom stereocenters. The molecule has 0 aliphatic heterocycles. The summed E-state index contributed by atoms with van der Waals surface area (Å²) in [6, 6.07) is 5.39. The van der Waals surface area contributed by atoms with E-state index in [0.717, 1.165) is 4.88 Å². The van der Waals surface area contributed by atoms with Crippen LogP contribution in [0.5, 0.6) is 5.88 Å². The monoisotopic (exact) mass is 260 g/mol. The number of aromatic nitrogens is 2. The van der Waals surface area contributed by atoms with Crippen LogP contribution in [0.4, 0.5) is 0 Å². The number of thiophene rings is 1. The van der Waals surface area contributed by atoms with Gasteiger partial charge in [0.25, 0.3) is 5.88 Å². The van der Waals surface area contributed by atoms with Crippen LogP contribution in [0.1, 0.15) is 0 Å². The molecular formula is C9H6Cl2N2OS. The largest absolute Gasteiger partial charge is 0.479 e. The quantitative estimate of drug-likeness (QED) is 0.829. The maximum absolute atomic E-state index is 5.93. The van der Waals surface area contributed by atoms with E-state index < -0.39 is 0 Å². The highest BCUT2D eigenvalue weighted by atomic mass is 35.5. The van der Waals surface area contributed by atoms with Crippen LogP contribution in [0, 0.1) is 0 Å². The molecule has 0 saturated heterocycles. The van der Waals surface area contributed by atoms with Gasteiger partial charge in [-0.1, -0.05) is 23.2 Å². The summed E-state index contributed by atoms with van der Waals surface area (Å²) in [7, 11) is 1.50. The van der Waals surface area contributed by atoms with E-state index in [9.17, 15) is 0 Å². The summed E-state index contributed by atoms with van der Waals surface area (Å²) in [4.78, 5) is 0.928. The highest BCUT2D eigenvalue weighted by Crippen LogP contribution is 2.32. The van der Waals surface area contributed by atoms with Crippen molar-refractivity contribution in [1.29, 1.82) is 0 Å². The fraction of sp³-hybridized carbons (Fsp3) is 0.111. The Morgan fingerprint density at radius 3 is 2.60 bits per heavy atom. The normalized spacial score (nSPS) is 10.3. The van der Waals surface area contributed by atoms with Crippen molar-refractivity contribution in [3.63, 3.8) is 0 Å². The summed E-state index contributed by atoms with van der Waals surface area (Å²) in [5, 5.41) is 8.27. The molecule has 0 saturated carbocycles. The van der Waals surface area contributed by atoms with Crippen LogP contribution < -0.4 is 4.74 Å². The molecule has 2 aromatic rings. The van der Waals surface area contributed by atoms with Crippen LogP contribution in [0.15, 0.2) is 18.2 Å². The lowest BCUT2D eigenvalue weighted by Crippen LogP contribution is -1.92. The molecule has 0 N–H and O–H groups in total. The number of rotatable bonds is 2. The van der Waals surface area contributed by atoms with Gasteiger partial charge >= 0.3 is 0 Å². The Kier molecular flexibility index (Phi) is 3.09. The van der Waals surface area contributed by atoms with Crippen molar-refractivity contribution >= 4 is 34.5 Å². The smallest absolute Gasteiger partial charge is 0.252 e. The molecule has 0 aliphatic carbocycles. The summed E-state index contributed by atoms with van der Waals surface area (Å²) >= 11 is 13.2. The van der Waals surface area contributed by atoms with Crippen molar-refractivity contribution < 1.29 is 4.74 Å². The number of hydrogen-bond acceptors (Lipinski definition) is 4. The maximum Gasteiger partial charge on any atom is 0.252 e. The Labute approximate surface area is 101 Å². The Balaban J connectivity index is 2.42. The number of hydrogen-bond donors (Lipinski definition) is 0. The van der Waals surface area contributed by atoms with E-state index >= 15 is 0 Å². The van der Waals surface area contributed by atoms with Crippen molar-refractivity contribution in [3.05, 3.63) is 27.6 Å². The van der Waals surface area contributed by atoms with E-state index in [4.69, 9.17) is 27.9 Å². The zero-order valence-corrected chi connectivity index (χ0v) is 10.0. The van der Waals surface area contributed by atoms with Gasteiger partial charge in [0, 0.05) is 0 Å². The van der Waals surface area contributed by atoms with Crippen molar-refractivity contribution in [3.8, 4) is 16.5 Å². The molecule has 0 atom stereocenters. The van der Waals surface area contributed by atoms with Crippen LogP contribution in [0.2, 0.25) is 9.36 Å². The predicted molar refractivity (Wildman–Crippen MR) is 61.9 cm³/mol. The van der Waals surface area contributed by atoms with Gasteiger partial charge in [0.05, 0.1) is 16.3 Å². The van der Waals surface area contributed by atoms with Crippen LogP contribution in [-0.4, -0.2) is 17.3 Å². The predicted octanol–water partition coefficient (Wildman–Crippen LogP) is 3.52. The Morgan fingerprint density at radius 1 is 1.27 bits per heavy atom. The topological polar surface area (TPSA) is 35.0 Å². The molecular weight excluding hydrogens is 255 g/mol. The van der Waals surface area contributed by atoms with E-state index in [1.807, 2.05) is 6.07 Å². The lowest BCUT2D eigenvalue weighted by molar-refractivity contribution is 0.392. The Morgan fingerprint density at radius 2 is 2.07 bits per heavy atom. The van der Waals surface area contributed by atoms with Crippen molar-refractivity contribution in [2.45, 2.75) is 0 Å². The maximum atomic E-state index is 5.93. The van der Waals surface area contributed by atoms with Gasteiger partial charge < -0.3 is 4.74 Å². The summed E-state index contributed by atoms with van der Waals surface area (Å²) in [6.07, 6.45) is 0. The molecule has 78 valence electrons. The molecule has 0 fully saturated rings. The molecule has 3 nitrogen and oxygen atoms in total. The van der Waals surface area contributed by atoms with Crippen LogP contribution in [-0.2, 0) is 0 Å². The first-order valence-electron chi connectivity index (χ1n) is 4.03. The summed E-state index contributed by atoms with van der Waals surface area (Å²) in [5.74, 6) is 0.322. The van der Waals surface area contributed by atoms with Crippen LogP contribution in [0.3, 0.4) is 0 Å². The molecule has 0 amide bonds. The third kappa shape index (κ3) is 2.22. The average Bonchev–Trinajstić information content (AvgIpc) is 2.65. The highest BCUT2D eigenvalue weighted by molar-refractivity contribution is 7.19. The van der Waals surface area contributed by atoms with Gasteiger partial charge in [-0.2, -0.15) is 0 Å². The molecule has 2 aromatic heterocycles. The highest BCUT2D eigenvalue weighted by Gasteiger charge is 2.08. The number of ether oxygens (including phenoxy) is 1. The molecule has 2 rings (SSSR count). The molecule has 0 bridgehead atoms. The minimum absolute atomic E-state index is 0.322. The zero-order chi connectivity index (χ0) is 10.8. The number of halogens is 2. The lowest BCUT2D eigenvalue weighted by atomic mass is 10.3. The van der Waals surface area contributed by atoms with Gasteiger partial charge in [-0.3, -0.25) is 0 Å². The van der Waals surface area contributed by atoms with E-state index in [-0.39, 0.29) is 0 Å². The number of nitrogens with zero attached hydrogens (tertiary/aromatic N) is 2. The fourth-order valence-electron chi connectivity index (χ4n) is 1.07. The van der Waals surface area contributed by atoms with E-state index in [1.54, 1.807) is 12.1 Å². The van der Waals surface area contributed by atoms with Gasteiger partial charge in [-0.15, -0.1) is 21.5 Å². The van der Waals surface area contributed by atoms with E-state index in [2.05, 4.69) is 10.2 Å². The minimum Gasteiger partial charge on any atom is -0.479 e. The van der Waals surface area contributed by atoms with Crippen LogP contribution in [0.25, 0.3) is 10.6 Å². The first-order valence-corrected chi connectivity index (χ1v) is 5.61. The fourth-order valence-corrected chi connectivity index (χ4v) is 2.29. The molecule has 6 heteroatoms. The van der Waals surface area contributed by atoms with Crippen molar-refractivity contribution in [2.75, 3.05) is 7.11 Å². The van der Waals surface area contributed by atoms with Gasteiger partial charge in [0.2, 0.25) is 0 Å². The van der Waals surface area contributed by atoms with Gasteiger partial charge in [0.15, 0.2) is 0 Å². The van der Waals surface area contributed by atoms with Gasteiger partial charge in [0.1, 0.15) is 10.7 Å². The summed E-state index contributed by atoms with van der Waals surface area (Å²) in [6.45, 7) is 0. The molecule has 15 heavy (non-hydrogen) atoms. The second-order valence-corrected chi connectivity index (χ2v) is 4.81. The lowest BCUT2D eigenvalue weighted by Gasteiger charge is -2.01. The van der Waals surface area contributed by atoms with Crippen molar-refractivity contribution in [1.82, 2.24) is 10.2 Å². The molecule has 2 heterocycles. The second kappa shape index (κ2) is 4.35. The Hall–Kier alpha value is -0.840. The first kappa shape index (κ1) is 10.7. The van der Waals surface area contributed by atoms with Crippen LogP contribution >= 0.6 is 34.5 Å². The molecule has 0 radical (unpaired) electrons. The van der Waals surface area contributed by atoms with E-state index in [0.29, 0.717) is 20.9 Å². The van der Waals surface area contributed by atoms with E-state index in [1.165, 1.54) is 18.4 Å². The average molecular weight is 261 g/mol.